The number of hydrogen-bond donors (Lipinski definition) is 3. The molecular weight excluding hydrogens is 721 g/mol. The number of carbonyl (C=O) groups excluding carboxylic acids is 5. The zero-order valence-electron chi connectivity index (χ0n) is 30.4. The molecule has 0 spiro atoms. The van der Waals surface area contributed by atoms with Crippen LogP contribution in [0.15, 0.2) is 66.7 Å². The van der Waals surface area contributed by atoms with Crippen LogP contribution in [0.2, 0.25) is 0 Å². The largest absolute Gasteiger partial charge is 0.457 e. The lowest BCUT2D eigenvalue weighted by molar-refractivity contribution is -0.142. The van der Waals surface area contributed by atoms with Gasteiger partial charge in [0.05, 0.1) is 24.0 Å². The maximum absolute atomic E-state index is 14.3. The van der Waals surface area contributed by atoms with Crippen molar-refractivity contribution < 1.29 is 51.3 Å². The molecule has 0 bridgehead atoms. The van der Waals surface area contributed by atoms with E-state index in [4.69, 9.17) is 18.9 Å². The minimum absolute atomic E-state index is 0.140. The van der Waals surface area contributed by atoms with Crippen LogP contribution in [-0.4, -0.2) is 97.4 Å². The third kappa shape index (κ3) is 9.58. The molecule has 290 valence electrons. The number of ether oxygens (including phenoxy) is 4. The number of nitrogens with one attached hydrogen (secondary N) is 3. The predicted molar refractivity (Wildman–Crippen MR) is 194 cm³/mol. The van der Waals surface area contributed by atoms with E-state index in [1.54, 1.807) is 57.2 Å². The van der Waals surface area contributed by atoms with Gasteiger partial charge in [-0.2, -0.15) is 0 Å². The Bertz CT molecular complexity index is 1890. The summed E-state index contributed by atoms with van der Waals surface area (Å²) >= 11 is 0. The van der Waals surface area contributed by atoms with Gasteiger partial charge in [-0.1, -0.05) is 36.4 Å². The molecule has 2 aromatic rings. The number of rotatable bonds is 8. The van der Waals surface area contributed by atoms with Crippen LogP contribution in [0.25, 0.3) is 0 Å². The molecule has 0 radical (unpaired) electrons. The van der Waals surface area contributed by atoms with E-state index >= 15 is 0 Å². The van der Waals surface area contributed by atoms with E-state index < -0.39 is 80.3 Å². The highest BCUT2D eigenvalue weighted by Gasteiger charge is 2.62. The number of carbonyl (C=O) groups is 5. The van der Waals surface area contributed by atoms with Gasteiger partial charge in [0, 0.05) is 18.9 Å². The Morgan fingerprint density at radius 2 is 1.76 bits per heavy atom. The molecule has 2 aliphatic heterocycles. The molecule has 4 amide bonds. The van der Waals surface area contributed by atoms with E-state index in [0.717, 1.165) is 0 Å². The first-order chi connectivity index (χ1) is 25.6. The molecule has 2 saturated carbocycles. The molecule has 5 atom stereocenters. The van der Waals surface area contributed by atoms with Crippen LogP contribution < -0.4 is 20.1 Å². The fourth-order valence-corrected chi connectivity index (χ4v) is 7.83. The predicted octanol–water partition coefficient (Wildman–Crippen LogP) is 3.35. The lowest BCUT2D eigenvalue weighted by atomic mass is 10.1. The average Bonchev–Trinajstić information content (AvgIpc) is 4.03. The zero-order chi connectivity index (χ0) is 38.7. The molecule has 1 saturated heterocycles. The van der Waals surface area contributed by atoms with E-state index in [0.29, 0.717) is 37.2 Å². The first-order valence-electron chi connectivity index (χ1n) is 18.1. The van der Waals surface area contributed by atoms with Crippen LogP contribution in [0, 0.1) is 5.92 Å². The monoisotopic (exact) mass is 766 g/mol. The van der Waals surface area contributed by atoms with E-state index in [1.807, 2.05) is 24.3 Å². The highest BCUT2D eigenvalue weighted by molar-refractivity contribution is 7.91. The molecular formula is C38H46N4O11S. The Morgan fingerprint density at radius 3 is 2.48 bits per heavy atom. The zero-order valence-corrected chi connectivity index (χ0v) is 31.3. The van der Waals surface area contributed by atoms with Crippen LogP contribution in [0.4, 0.5) is 4.79 Å². The molecule has 3 N–H and O–H groups in total. The highest BCUT2D eigenvalue weighted by Crippen LogP contribution is 2.46. The molecule has 6 rings (SSSR count). The van der Waals surface area contributed by atoms with Crippen LogP contribution >= 0.6 is 0 Å². The van der Waals surface area contributed by atoms with E-state index in [2.05, 4.69) is 15.4 Å². The van der Waals surface area contributed by atoms with Crippen molar-refractivity contribution in [1.29, 1.82) is 0 Å². The number of alkyl carbamates (subject to hydrolysis) is 1. The molecule has 2 aliphatic carbocycles. The maximum atomic E-state index is 14.3. The number of allylic oxidation sites excluding steroid dienone is 1. The summed E-state index contributed by atoms with van der Waals surface area (Å²) in [6, 6.07) is 12.8. The summed E-state index contributed by atoms with van der Waals surface area (Å²) in [5, 5.41) is 4.67. The summed E-state index contributed by atoms with van der Waals surface area (Å²) in [4.78, 5) is 69.6. The van der Waals surface area contributed by atoms with Crippen molar-refractivity contribution in [2.75, 3.05) is 19.8 Å². The standard InChI is InChI=1S/C38H46N4O11S/c1-37(2,3)53-36(47)39-30-23-50-18-9-5-6-12-25-21-38(25,35(46)41-54(48,49)29-16-17-29)40-32(43)31-20-28(22-42(31)33(30)44)52-34(45)24-11-10-15-27(19-24)51-26-13-7-4-8-14-26/h4,6-8,10-15,19,25,28-31H,5,9,16-18,20-23H2,1-3H3,(H,39,47)(H,40,43)(H,41,46). The van der Waals surface area contributed by atoms with Crippen LogP contribution in [0.1, 0.15) is 69.7 Å². The van der Waals surface area contributed by atoms with Gasteiger partial charge in [-0.3, -0.25) is 19.1 Å². The molecule has 3 fully saturated rings. The smallest absolute Gasteiger partial charge is 0.408 e. The number of nitrogens with zero attached hydrogens (tertiary/aromatic N) is 1. The highest BCUT2D eigenvalue weighted by atomic mass is 32.2. The van der Waals surface area contributed by atoms with Gasteiger partial charge in [-0.15, -0.1) is 0 Å². The van der Waals surface area contributed by atoms with Crippen molar-refractivity contribution in [2.24, 2.45) is 5.92 Å². The van der Waals surface area contributed by atoms with Gasteiger partial charge in [0.25, 0.3) is 5.91 Å². The van der Waals surface area contributed by atoms with Crippen LogP contribution in [-0.2, 0) is 38.6 Å². The number of benzene rings is 2. The van der Waals surface area contributed by atoms with Gasteiger partial charge in [0.15, 0.2) is 0 Å². The third-order valence-electron chi connectivity index (χ3n) is 9.44. The molecule has 15 nitrogen and oxygen atoms in total. The van der Waals surface area contributed by atoms with Crippen molar-refractivity contribution in [2.45, 2.75) is 93.9 Å². The fraction of sp³-hybridized carbons (Fsp3) is 0.500. The lowest BCUT2D eigenvalue weighted by Gasteiger charge is -2.30. The molecule has 0 aromatic heterocycles. The van der Waals surface area contributed by atoms with Gasteiger partial charge in [0.1, 0.15) is 40.8 Å². The van der Waals surface area contributed by atoms with Crippen molar-refractivity contribution in [3.8, 4) is 11.5 Å². The van der Waals surface area contributed by atoms with Gasteiger partial charge in [-0.05, 0) is 83.2 Å². The molecule has 4 aliphatic rings. The van der Waals surface area contributed by atoms with Crippen molar-refractivity contribution >= 4 is 39.8 Å². The SMILES string of the molecule is CC(C)(C)OC(=O)NC1COCCCC=CC2CC2(C(=O)NS(=O)(=O)C2CC2)NC(=O)C2CC(OC(=O)c3cccc(Oc4ccccc4)c3)CN2C1=O. The number of esters is 1. The van der Waals surface area contributed by atoms with Gasteiger partial charge >= 0.3 is 12.1 Å². The van der Waals surface area contributed by atoms with Crippen LogP contribution in [0.5, 0.6) is 11.5 Å². The molecule has 5 unspecified atom stereocenters. The average molecular weight is 767 g/mol. The van der Waals surface area contributed by atoms with Crippen molar-refractivity contribution in [3.63, 3.8) is 0 Å². The van der Waals surface area contributed by atoms with Gasteiger partial charge in [0.2, 0.25) is 21.8 Å². The molecule has 54 heavy (non-hydrogen) atoms. The van der Waals surface area contributed by atoms with Crippen molar-refractivity contribution in [3.05, 3.63) is 72.3 Å². The Balaban J connectivity index is 1.25. The number of sulfonamides is 1. The summed E-state index contributed by atoms with van der Waals surface area (Å²) in [7, 11) is -3.93. The second-order valence-corrected chi connectivity index (χ2v) is 17.0. The van der Waals surface area contributed by atoms with E-state index in [1.165, 1.54) is 11.0 Å². The summed E-state index contributed by atoms with van der Waals surface area (Å²) in [6.45, 7) is 4.78. The Morgan fingerprint density at radius 1 is 1.02 bits per heavy atom. The van der Waals surface area contributed by atoms with E-state index in [9.17, 15) is 32.4 Å². The Kier molecular flexibility index (Phi) is 11.3. The minimum Gasteiger partial charge on any atom is -0.457 e. The first kappa shape index (κ1) is 38.8. The normalized spacial score (nSPS) is 26.2. The number of para-hydroxylation sites is 1. The van der Waals surface area contributed by atoms with Crippen molar-refractivity contribution in [1.82, 2.24) is 20.3 Å². The number of amides is 4. The lowest BCUT2D eigenvalue weighted by Crippen LogP contribution is -2.59. The maximum Gasteiger partial charge on any atom is 0.408 e. The Labute approximate surface area is 314 Å². The van der Waals surface area contributed by atoms with Gasteiger partial charge < -0.3 is 34.5 Å². The number of fused-ring (bicyclic) bond motifs is 2. The second kappa shape index (κ2) is 15.8. The number of hydrogen-bond acceptors (Lipinski definition) is 11. The minimum atomic E-state index is -3.93. The summed E-state index contributed by atoms with van der Waals surface area (Å²) in [6.07, 6.45) is 3.71. The fourth-order valence-electron chi connectivity index (χ4n) is 6.46. The molecule has 16 heteroatoms. The summed E-state index contributed by atoms with van der Waals surface area (Å²) in [5.74, 6) is -2.58. The topological polar surface area (TPSA) is 196 Å². The quantitative estimate of drug-likeness (QED) is 0.263. The van der Waals surface area contributed by atoms with Crippen LogP contribution in [0.3, 0.4) is 0 Å². The van der Waals surface area contributed by atoms with E-state index in [-0.39, 0.29) is 38.2 Å². The first-order valence-corrected chi connectivity index (χ1v) is 19.6. The Hall–Kier alpha value is -4.96. The third-order valence-corrected chi connectivity index (χ3v) is 11.3. The summed E-state index contributed by atoms with van der Waals surface area (Å²) < 4.78 is 50.6. The van der Waals surface area contributed by atoms with Gasteiger partial charge in [-0.25, -0.2) is 18.0 Å². The molecule has 2 heterocycles. The molecule has 2 aromatic carbocycles. The second-order valence-electron chi connectivity index (χ2n) is 15.0. The summed E-state index contributed by atoms with van der Waals surface area (Å²) in [5.41, 5.74) is -2.29.